The topological polar surface area (TPSA) is 103 Å². The number of aromatic nitrogens is 2. The van der Waals surface area contributed by atoms with E-state index >= 15 is 0 Å². The van der Waals surface area contributed by atoms with Crippen LogP contribution in [-0.4, -0.2) is 33.7 Å². The van der Waals surface area contributed by atoms with Crippen LogP contribution in [0, 0.1) is 0 Å². The van der Waals surface area contributed by atoms with Crippen molar-refractivity contribution in [2.45, 2.75) is 63.8 Å². The summed E-state index contributed by atoms with van der Waals surface area (Å²) in [5.41, 5.74) is 1.62. The molecular weight excluding hydrogens is 432 g/mol. The molecule has 3 rings (SSSR count). The first-order valence-corrected chi connectivity index (χ1v) is 10.9. The summed E-state index contributed by atoms with van der Waals surface area (Å²) in [6, 6.07) is 2.91. The van der Waals surface area contributed by atoms with Gasteiger partial charge in [0.2, 0.25) is 5.91 Å². The number of fused-ring (bicyclic) bond motifs is 1. The number of nitrogens with zero attached hydrogens (tertiary/aromatic N) is 3. The third-order valence-electron chi connectivity index (χ3n) is 4.71. The van der Waals surface area contributed by atoms with Crippen molar-refractivity contribution in [3.63, 3.8) is 0 Å². The smallest absolute Gasteiger partial charge is 0.438 e. The van der Waals surface area contributed by atoms with Gasteiger partial charge in [0.05, 0.1) is 19.6 Å². The predicted molar refractivity (Wildman–Crippen MR) is 108 cm³/mol. The van der Waals surface area contributed by atoms with Crippen LogP contribution in [0.4, 0.5) is 8.78 Å². The largest absolute Gasteiger partial charge is 0.586 e. The number of benzene rings is 1. The minimum atomic E-state index is -3.78. The molecule has 0 radical (unpaired) electrons. The summed E-state index contributed by atoms with van der Waals surface area (Å²) >= 11 is 0. The van der Waals surface area contributed by atoms with Crippen molar-refractivity contribution in [2.75, 3.05) is 6.61 Å². The van der Waals surface area contributed by atoms with Gasteiger partial charge in [0.1, 0.15) is 0 Å². The highest BCUT2D eigenvalue weighted by Crippen LogP contribution is 2.49. The molecule has 0 fully saturated rings. The van der Waals surface area contributed by atoms with Gasteiger partial charge in [0, 0.05) is 16.8 Å². The number of alkyl halides is 2. The maximum atomic E-state index is 13.7. The highest BCUT2D eigenvalue weighted by molar-refractivity contribution is 7.75. The van der Waals surface area contributed by atoms with E-state index in [0.717, 1.165) is 0 Å². The summed E-state index contributed by atoms with van der Waals surface area (Å²) in [4.78, 5) is 12.7. The highest BCUT2D eigenvalue weighted by atomic mass is 32.2. The van der Waals surface area contributed by atoms with Crippen molar-refractivity contribution in [3.05, 3.63) is 35.0 Å². The first kappa shape index (κ1) is 23.1. The van der Waals surface area contributed by atoms with Crippen LogP contribution < -0.4 is 9.47 Å². The predicted octanol–water partition coefficient (Wildman–Crippen LogP) is 3.72. The van der Waals surface area contributed by atoms with Gasteiger partial charge < -0.3 is 23.2 Å². The van der Waals surface area contributed by atoms with Crippen LogP contribution >= 0.6 is 0 Å². The number of aliphatic hydroxyl groups is 1. The Bertz CT molecular complexity index is 1080. The van der Waals surface area contributed by atoms with Crippen LogP contribution in [0.2, 0.25) is 0 Å². The normalized spacial score (nSPS) is 15.8. The Labute approximate surface area is 180 Å². The molecule has 0 saturated heterocycles. The van der Waals surface area contributed by atoms with Gasteiger partial charge in [-0.25, -0.2) is 0 Å². The molecule has 0 atom stereocenters. The van der Waals surface area contributed by atoms with E-state index in [1.807, 2.05) is 13.8 Å². The number of ether oxygens (including phenoxy) is 2. The van der Waals surface area contributed by atoms with Crippen molar-refractivity contribution >= 4 is 16.5 Å². The van der Waals surface area contributed by atoms with E-state index in [0.29, 0.717) is 16.7 Å². The number of carbonyl (C=O) groups excluding carboxylic acids is 1. The number of aliphatic hydroxyl groups excluding tert-OH is 1. The Balaban J connectivity index is 1.98. The zero-order valence-electron chi connectivity index (χ0n) is 17.6. The molecule has 0 bridgehead atoms. The molecule has 2 heterocycles. The van der Waals surface area contributed by atoms with Crippen LogP contribution in [0.5, 0.6) is 11.5 Å². The summed E-state index contributed by atoms with van der Waals surface area (Å²) in [6.07, 6.45) is -2.48. The zero-order valence-corrected chi connectivity index (χ0v) is 18.4. The van der Waals surface area contributed by atoms with Gasteiger partial charge >= 0.3 is 6.29 Å². The maximum absolute atomic E-state index is 13.7. The minimum absolute atomic E-state index is 0.0662. The summed E-state index contributed by atoms with van der Waals surface area (Å²) in [5.74, 6) is -1.17. The first-order chi connectivity index (χ1) is 14.5. The van der Waals surface area contributed by atoms with Gasteiger partial charge in [-0.15, -0.1) is 19.4 Å². The van der Waals surface area contributed by atoms with Crippen LogP contribution in [0.3, 0.4) is 0 Å². The van der Waals surface area contributed by atoms with Gasteiger partial charge in [-0.3, -0.25) is 9.48 Å². The third-order valence-corrected chi connectivity index (χ3v) is 5.66. The Kier molecular flexibility index (Phi) is 6.65. The van der Waals surface area contributed by atoms with Crippen molar-refractivity contribution in [1.82, 2.24) is 9.78 Å². The van der Waals surface area contributed by atoms with Crippen molar-refractivity contribution in [1.29, 1.82) is 0 Å². The summed E-state index contributed by atoms with van der Waals surface area (Å²) in [7, 11) is -2.03. The molecular formula is C20H24F2N3O5S-. The van der Waals surface area contributed by atoms with E-state index in [2.05, 4.69) is 14.2 Å². The minimum Gasteiger partial charge on any atom is -0.438 e. The summed E-state index contributed by atoms with van der Waals surface area (Å²) in [6.45, 7) is 7.44. The molecule has 1 aromatic heterocycles. The van der Waals surface area contributed by atoms with Crippen LogP contribution in [-0.2, 0) is 32.6 Å². The average Bonchev–Trinajstić information content (AvgIpc) is 3.23. The van der Waals surface area contributed by atoms with Gasteiger partial charge in [0.15, 0.2) is 11.5 Å². The first-order valence-electron chi connectivity index (χ1n) is 9.78. The van der Waals surface area contributed by atoms with Crippen LogP contribution in [0.15, 0.2) is 27.7 Å². The van der Waals surface area contributed by atoms with E-state index in [4.69, 9.17) is 9.84 Å². The molecule has 1 aliphatic heterocycles. The third kappa shape index (κ3) is 5.04. The molecule has 1 aliphatic rings. The van der Waals surface area contributed by atoms with Gasteiger partial charge in [0.25, 0.3) is 0 Å². The second kappa shape index (κ2) is 8.91. The van der Waals surface area contributed by atoms with E-state index < -0.39 is 22.8 Å². The van der Waals surface area contributed by atoms with Crippen molar-refractivity contribution in [3.8, 4) is 11.5 Å². The zero-order chi connectivity index (χ0) is 22.9. The molecule has 11 heteroatoms. The highest BCUT2D eigenvalue weighted by Gasteiger charge is 2.46. The molecule has 0 aliphatic carbocycles. The lowest BCUT2D eigenvalue weighted by Crippen LogP contribution is -2.26. The molecule has 8 nitrogen and oxygen atoms in total. The fourth-order valence-electron chi connectivity index (χ4n) is 3.48. The van der Waals surface area contributed by atoms with Gasteiger partial charge in [-0.05, 0) is 35.1 Å². The molecule has 2 aromatic rings. The maximum Gasteiger partial charge on any atom is 0.586 e. The van der Waals surface area contributed by atoms with E-state index in [1.54, 1.807) is 13.8 Å². The Morgan fingerprint density at radius 2 is 2.00 bits per heavy atom. The molecule has 0 spiro atoms. The van der Waals surface area contributed by atoms with Gasteiger partial charge in [-0.2, -0.15) is 5.10 Å². The number of amides is 1. The lowest BCUT2D eigenvalue weighted by molar-refractivity contribution is -0.287. The second-order valence-electron chi connectivity index (χ2n) is 7.71. The standard InChI is InChI=1S/C20H24F2N3O5S/c1-11(2)13-9-15-19(30-20(21,22)29-15)18(12(3)4)14(13)10-16(27)24-31(28)17-5-6-25(23-17)7-8-26/h5-6,9,11-12,26H,7-8,10H2,1-4H3/q-1. The van der Waals surface area contributed by atoms with E-state index in [9.17, 15) is 17.8 Å². The van der Waals surface area contributed by atoms with Crippen LogP contribution in [0.1, 0.15) is 56.2 Å². The SMILES string of the molecule is CC(C)c1cc2c(c(C(C)C)c1CC(=O)N=[S-](=O)c1ccn(CCO)n1)OC(F)(F)O2. The number of hydrogen-bond donors (Lipinski definition) is 1. The Morgan fingerprint density at radius 3 is 2.61 bits per heavy atom. The molecule has 31 heavy (non-hydrogen) atoms. The average molecular weight is 456 g/mol. The lowest BCUT2D eigenvalue weighted by Gasteiger charge is -2.21. The van der Waals surface area contributed by atoms with Crippen molar-refractivity contribution in [2.24, 2.45) is 4.36 Å². The number of carbonyl (C=O) groups is 1. The second-order valence-corrected chi connectivity index (χ2v) is 8.81. The molecule has 1 N–H and O–H groups in total. The molecule has 1 amide bonds. The van der Waals surface area contributed by atoms with E-state index in [-0.39, 0.29) is 47.9 Å². The lowest BCUT2D eigenvalue weighted by atomic mass is 9.86. The molecule has 0 unspecified atom stereocenters. The number of rotatable bonds is 7. The number of hydrogen-bond acceptors (Lipinski definition) is 7. The fraction of sp³-hybridized carbons (Fsp3) is 0.500. The molecule has 170 valence electrons. The Morgan fingerprint density at radius 1 is 1.29 bits per heavy atom. The van der Waals surface area contributed by atoms with E-state index in [1.165, 1.54) is 23.0 Å². The monoisotopic (exact) mass is 456 g/mol. The Hall–Kier alpha value is -2.53. The molecule has 1 aromatic carbocycles. The molecule has 0 saturated carbocycles. The summed E-state index contributed by atoms with van der Waals surface area (Å²) in [5, 5.41) is 13.0. The fourth-order valence-corrected chi connectivity index (χ4v) is 4.17. The quantitative estimate of drug-likeness (QED) is 0.637. The number of halogens is 2. The van der Waals surface area contributed by atoms with Gasteiger partial charge in [-0.1, -0.05) is 27.7 Å². The van der Waals surface area contributed by atoms with Crippen molar-refractivity contribution < 1.29 is 32.4 Å². The summed E-state index contributed by atoms with van der Waals surface area (Å²) < 4.78 is 54.3. The van der Waals surface area contributed by atoms with Crippen LogP contribution in [0.25, 0.3) is 0 Å².